The number of nitrogens with two attached hydrogens (primary N) is 1. The van der Waals surface area contributed by atoms with Crippen LogP contribution in [0.1, 0.15) is 15.9 Å². The highest BCUT2D eigenvalue weighted by Crippen LogP contribution is 2.14. The first-order chi connectivity index (χ1) is 8.56. The number of carbonyl (C=O) groups excluding carboxylic acids is 1. The molecule has 18 heavy (non-hydrogen) atoms. The molecule has 0 saturated carbocycles. The predicted octanol–water partition coefficient (Wildman–Crippen LogP) is 2.97. The van der Waals surface area contributed by atoms with Crippen molar-refractivity contribution in [1.82, 2.24) is 0 Å². The average molecular weight is 247 g/mol. The lowest BCUT2D eigenvalue weighted by atomic mass is 10.0. The van der Waals surface area contributed by atoms with E-state index < -0.39 is 17.4 Å². The fraction of sp³-hybridized carbons (Fsp3) is 0.0714. The molecular weight excluding hydrogens is 236 g/mol. The molecule has 4 heteroatoms. The Morgan fingerprint density at radius 3 is 2.33 bits per heavy atom. The van der Waals surface area contributed by atoms with Gasteiger partial charge in [-0.3, -0.25) is 4.79 Å². The van der Waals surface area contributed by atoms with Crippen molar-refractivity contribution in [3.8, 4) is 0 Å². The van der Waals surface area contributed by atoms with Gasteiger partial charge in [0.2, 0.25) is 0 Å². The maximum absolute atomic E-state index is 13.4. The summed E-state index contributed by atoms with van der Waals surface area (Å²) in [6.45, 7) is 0. The molecule has 0 saturated heterocycles. The summed E-state index contributed by atoms with van der Waals surface area (Å²) in [5, 5.41) is 0. The summed E-state index contributed by atoms with van der Waals surface area (Å²) in [5.74, 6) is -1.93. The molecule has 0 heterocycles. The van der Waals surface area contributed by atoms with E-state index in [4.69, 9.17) is 5.73 Å². The van der Waals surface area contributed by atoms with Crippen LogP contribution in [0.15, 0.2) is 42.5 Å². The van der Waals surface area contributed by atoms with Crippen molar-refractivity contribution in [3.05, 3.63) is 65.2 Å². The largest absolute Gasteiger partial charge is 0.399 e. The Kier molecular flexibility index (Phi) is 3.37. The van der Waals surface area contributed by atoms with E-state index in [2.05, 4.69) is 0 Å². The molecule has 0 aliphatic heterocycles. The molecule has 2 aromatic rings. The van der Waals surface area contributed by atoms with Crippen molar-refractivity contribution in [2.45, 2.75) is 6.42 Å². The molecule has 0 unspecified atom stereocenters. The van der Waals surface area contributed by atoms with E-state index in [0.29, 0.717) is 11.8 Å². The number of halogens is 2. The Hall–Kier alpha value is -2.23. The minimum Gasteiger partial charge on any atom is -0.399 e. The number of anilines is 1. The summed E-state index contributed by atoms with van der Waals surface area (Å²) in [6, 6.07) is 9.68. The van der Waals surface area contributed by atoms with Gasteiger partial charge in [0.1, 0.15) is 11.6 Å². The molecule has 2 rings (SSSR count). The second-order valence-corrected chi connectivity index (χ2v) is 3.97. The average Bonchev–Trinajstić information content (AvgIpc) is 2.32. The molecule has 0 fully saturated rings. The number of carbonyl (C=O) groups is 1. The lowest BCUT2D eigenvalue weighted by Gasteiger charge is -2.03. The van der Waals surface area contributed by atoms with Gasteiger partial charge < -0.3 is 5.73 Å². The molecule has 0 aliphatic carbocycles. The predicted molar refractivity (Wildman–Crippen MR) is 65.2 cm³/mol. The van der Waals surface area contributed by atoms with E-state index in [1.807, 2.05) is 0 Å². The highest BCUT2D eigenvalue weighted by Gasteiger charge is 2.12. The molecule has 2 N–H and O–H groups in total. The van der Waals surface area contributed by atoms with Crippen LogP contribution in [0.2, 0.25) is 0 Å². The Balaban J connectivity index is 2.19. The molecule has 0 spiro atoms. The first kappa shape index (κ1) is 12.2. The molecule has 0 radical (unpaired) electrons. The van der Waals surface area contributed by atoms with Crippen molar-refractivity contribution in [3.63, 3.8) is 0 Å². The lowest BCUT2D eigenvalue weighted by molar-refractivity contribution is 0.0989. The molecule has 0 aromatic heterocycles. The summed E-state index contributed by atoms with van der Waals surface area (Å²) in [5.41, 5.74) is 6.75. The van der Waals surface area contributed by atoms with Gasteiger partial charge in [-0.15, -0.1) is 0 Å². The van der Waals surface area contributed by atoms with Crippen molar-refractivity contribution in [2.24, 2.45) is 0 Å². The zero-order chi connectivity index (χ0) is 13.1. The van der Waals surface area contributed by atoms with Crippen molar-refractivity contribution in [2.75, 3.05) is 5.73 Å². The molecule has 0 atom stereocenters. The maximum atomic E-state index is 13.4. The maximum Gasteiger partial charge on any atom is 0.170 e. The number of benzene rings is 2. The highest BCUT2D eigenvalue weighted by molar-refractivity contribution is 5.97. The van der Waals surface area contributed by atoms with Gasteiger partial charge in [0, 0.05) is 18.2 Å². The van der Waals surface area contributed by atoms with E-state index in [0.717, 1.165) is 17.7 Å². The van der Waals surface area contributed by atoms with Crippen LogP contribution in [0, 0.1) is 11.6 Å². The quantitative estimate of drug-likeness (QED) is 0.669. The van der Waals surface area contributed by atoms with Gasteiger partial charge in [-0.05, 0) is 29.8 Å². The number of hydrogen-bond acceptors (Lipinski definition) is 2. The van der Waals surface area contributed by atoms with Gasteiger partial charge in [0.25, 0.3) is 0 Å². The van der Waals surface area contributed by atoms with Crippen LogP contribution in [0.5, 0.6) is 0 Å². The Labute approximate surface area is 103 Å². The second kappa shape index (κ2) is 4.96. The topological polar surface area (TPSA) is 43.1 Å². The van der Waals surface area contributed by atoms with Gasteiger partial charge in [-0.2, -0.15) is 0 Å². The smallest absolute Gasteiger partial charge is 0.170 e. The minimum atomic E-state index is -0.838. The van der Waals surface area contributed by atoms with Crippen molar-refractivity contribution >= 4 is 11.5 Å². The summed E-state index contributed by atoms with van der Waals surface area (Å²) in [4.78, 5) is 11.8. The highest BCUT2D eigenvalue weighted by atomic mass is 19.1. The van der Waals surface area contributed by atoms with E-state index in [9.17, 15) is 13.6 Å². The standard InChI is InChI=1S/C14H11F2NO/c15-10-3-6-12(13(16)8-10)14(18)7-9-1-4-11(17)5-2-9/h1-6,8H,7,17H2. The van der Waals surface area contributed by atoms with Crippen LogP contribution in [-0.4, -0.2) is 5.78 Å². The summed E-state index contributed by atoms with van der Waals surface area (Å²) in [6.07, 6.45) is 0.0584. The zero-order valence-corrected chi connectivity index (χ0v) is 9.49. The van der Waals surface area contributed by atoms with E-state index in [-0.39, 0.29) is 12.0 Å². The third-order valence-electron chi connectivity index (χ3n) is 2.58. The molecule has 0 aliphatic rings. The van der Waals surface area contributed by atoms with Gasteiger partial charge in [-0.25, -0.2) is 8.78 Å². The van der Waals surface area contributed by atoms with Crippen LogP contribution in [0.4, 0.5) is 14.5 Å². The first-order valence-corrected chi connectivity index (χ1v) is 5.39. The molecule has 2 aromatic carbocycles. The van der Waals surface area contributed by atoms with Gasteiger partial charge in [-0.1, -0.05) is 12.1 Å². The fourth-order valence-electron chi connectivity index (χ4n) is 1.63. The van der Waals surface area contributed by atoms with Gasteiger partial charge in [0.15, 0.2) is 5.78 Å². The molecule has 0 amide bonds. The number of hydrogen-bond donors (Lipinski definition) is 1. The normalized spacial score (nSPS) is 10.3. The summed E-state index contributed by atoms with van der Waals surface area (Å²) in [7, 11) is 0. The monoisotopic (exact) mass is 247 g/mol. The van der Waals surface area contributed by atoms with Crippen LogP contribution < -0.4 is 5.73 Å². The molecule has 2 nitrogen and oxygen atoms in total. The number of rotatable bonds is 3. The number of Topliss-reactive ketones (excluding diaryl/α,β-unsaturated/α-hetero) is 1. The fourth-order valence-corrected chi connectivity index (χ4v) is 1.63. The SMILES string of the molecule is Nc1ccc(CC(=O)c2ccc(F)cc2F)cc1. The lowest BCUT2D eigenvalue weighted by Crippen LogP contribution is -2.06. The Morgan fingerprint density at radius 1 is 1.06 bits per heavy atom. The van der Waals surface area contributed by atoms with Gasteiger partial charge in [0.05, 0.1) is 5.56 Å². The van der Waals surface area contributed by atoms with Crippen molar-refractivity contribution in [1.29, 1.82) is 0 Å². The summed E-state index contributed by atoms with van der Waals surface area (Å²) >= 11 is 0. The van der Waals surface area contributed by atoms with Crippen LogP contribution in [0.25, 0.3) is 0 Å². The minimum absolute atomic E-state index is 0.0584. The van der Waals surface area contributed by atoms with E-state index in [1.165, 1.54) is 0 Å². The van der Waals surface area contributed by atoms with Crippen LogP contribution in [-0.2, 0) is 6.42 Å². The van der Waals surface area contributed by atoms with Crippen LogP contribution in [0.3, 0.4) is 0 Å². The Bertz CT molecular complexity index is 579. The third kappa shape index (κ3) is 2.71. The first-order valence-electron chi connectivity index (χ1n) is 5.39. The number of ketones is 1. The zero-order valence-electron chi connectivity index (χ0n) is 9.49. The van der Waals surface area contributed by atoms with E-state index in [1.54, 1.807) is 24.3 Å². The van der Waals surface area contributed by atoms with E-state index >= 15 is 0 Å². The molecule has 0 bridgehead atoms. The Morgan fingerprint density at radius 2 is 1.72 bits per heavy atom. The second-order valence-electron chi connectivity index (χ2n) is 3.97. The van der Waals surface area contributed by atoms with Gasteiger partial charge >= 0.3 is 0 Å². The van der Waals surface area contributed by atoms with Crippen molar-refractivity contribution < 1.29 is 13.6 Å². The number of nitrogen functional groups attached to an aromatic ring is 1. The summed E-state index contributed by atoms with van der Waals surface area (Å²) < 4.78 is 26.1. The molecule has 92 valence electrons. The molecular formula is C14H11F2NO. The van der Waals surface area contributed by atoms with Crippen LogP contribution >= 0.6 is 0 Å². The third-order valence-corrected chi connectivity index (χ3v) is 2.58.